The number of rotatable bonds is 7. The number of carbonyl (C=O) groups excluding carboxylic acids is 1. The average Bonchev–Trinajstić information content (AvgIpc) is 2.38. The van der Waals surface area contributed by atoms with Gasteiger partial charge in [0.05, 0.1) is 22.8 Å². The van der Waals surface area contributed by atoms with E-state index in [0.29, 0.717) is 0 Å². The molecule has 0 atom stereocenters. The van der Waals surface area contributed by atoms with E-state index in [0.717, 1.165) is 6.07 Å². The van der Waals surface area contributed by atoms with Crippen molar-refractivity contribution in [3.05, 3.63) is 33.9 Å². The van der Waals surface area contributed by atoms with Gasteiger partial charge in [-0.3, -0.25) is 14.9 Å². The van der Waals surface area contributed by atoms with Gasteiger partial charge in [-0.15, -0.1) is 0 Å². The predicted molar refractivity (Wildman–Crippen MR) is 74.3 cm³/mol. The molecule has 0 saturated carbocycles. The van der Waals surface area contributed by atoms with Crippen LogP contribution in [-0.2, 0) is 19.6 Å². The van der Waals surface area contributed by atoms with Crippen molar-refractivity contribution in [1.29, 1.82) is 0 Å². The molecular formula is C12H16N2O6S. The summed E-state index contributed by atoms with van der Waals surface area (Å²) in [6.45, 7) is 3.25. The summed E-state index contributed by atoms with van der Waals surface area (Å²) in [7, 11) is -3.82. The molecule has 0 unspecified atom stereocenters. The summed E-state index contributed by atoms with van der Waals surface area (Å²) in [5, 5.41) is 10.6. The molecule has 0 heterocycles. The quantitative estimate of drug-likeness (QED) is 0.458. The normalized spacial score (nSPS) is 11.1. The van der Waals surface area contributed by atoms with Gasteiger partial charge in [0.25, 0.3) is 5.69 Å². The van der Waals surface area contributed by atoms with Crippen LogP contribution in [0.2, 0.25) is 0 Å². The summed E-state index contributed by atoms with van der Waals surface area (Å²) in [5.74, 6) is -0.499. The lowest BCUT2D eigenvalue weighted by Crippen LogP contribution is -2.27. The van der Waals surface area contributed by atoms with Crippen LogP contribution >= 0.6 is 0 Å². The van der Waals surface area contributed by atoms with Crippen LogP contribution in [0.25, 0.3) is 0 Å². The van der Waals surface area contributed by atoms with Gasteiger partial charge in [-0.2, -0.15) is 0 Å². The van der Waals surface area contributed by atoms with Crippen LogP contribution in [0, 0.1) is 17.0 Å². The van der Waals surface area contributed by atoms with E-state index in [1.165, 1.54) is 19.1 Å². The van der Waals surface area contributed by atoms with Crippen LogP contribution < -0.4 is 4.72 Å². The molecule has 0 aromatic heterocycles. The van der Waals surface area contributed by atoms with Gasteiger partial charge in [0, 0.05) is 18.7 Å². The van der Waals surface area contributed by atoms with Gasteiger partial charge in [0.1, 0.15) is 0 Å². The lowest BCUT2D eigenvalue weighted by atomic mass is 10.2. The van der Waals surface area contributed by atoms with Crippen LogP contribution in [0.1, 0.15) is 18.9 Å². The number of ether oxygens (including phenoxy) is 1. The lowest BCUT2D eigenvalue weighted by Gasteiger charge is -2.09. The van der Waals surface area contributed by atoms with E-state index in [1.807, 2.05) is 0 Å². The Balaban J connectivity index is 2.79. The van der Waals surface area contributed by atoms with Gasteiger partial charge in [-0.05, 0) is 25.5 Å². The number of hydrogen-bond donors (Lipinski definition) is 1. The third-order valence-electron chi connectivity index (χ3n) is 2.59. The molecule has 0 aliphatic heterocycles. The molecule has 1 aromatic carbocycles. The highest BCUT2D eigenvalue weighted by Gasteiger charge is 2.19. The first-order valence-corrected chi connectivity index (χ1v) is 7.66. The van der Waals surface area contributed by atoms with Crippen molar-refractivity contribution in [3.63, 3.8) is 0 Å². The van der Waals surface area contributed by atoms with Crippen molar-refractivity contribution < 1.29 is 22.9 Å². The van der Waals surface area contributed by atoms with E-state index >= 15 is 0 Å². The Kier molecular flexibility index (Phi) is 5.79. The lowest BCUT2D eigenvalue weighted by molar-refractivity contribution is -0.385. The summed E-state index contributed by atoms with van der Waals surface area (Å²) < 4.78 is 31.0. The number of benzene rings is 1. The zero-order valence-electron chi connectivity index (χ0n) is 11.7. The van der Waals surface area contributed by atoms with E-state index < -0.39 is 20.9 Å². The van der Waals surface area contributed by atoms with Crippen LogP contribution in [0.15, 0.2) is 23.1 Å². The number of non-ortho nitro benzene ring substituents is 1. The fraction of sp³-hybridized carbons (Fsp3) is 0.417. The SMILES string of the molecule is CCOC(=O)CCNS(=O)(=O)c1ccc([N+](=O)[O-])cc1C. The molecule has 8 nitrogen and oxygen atoms in total. The second-order valence-corrected chi connectivity index (χ2v) is 5.90. The number of nitro groups is 1. The second kappa shape index (κ2) is 7.14. The standard InChI is InChI=1S/C12H16N2O6S/c1-3-20-12(15)6-7-13-21(18,19)11-5-4-10(14(16)17)8-9(11)2/h4-5,8,13H,3,6-7H2,1-2H3. The minimum atomic E-state index is -3.82. The van der Waals surface area contributed by atoms with Crippen LogP contribution in [-0.4, -0.2) is 32.5 Å². The molecule has 0 saturated heterocycles. The maximum absolute atomic E-state index is 12.0. The van der Waals surface area contributed by atoms with Crippen molar-refractivity contribution in [1.82, 2.24) is 4.72 Å². The summed E-state index contributed by atoms with van der Waals surface area (Å²) in [5.41, 5.74) is 0.0748. The van der Waals surface area contributed by atoms with Crippen LogP contribution in [0.5, 0.6) is 0 Å². The molecule has 0 bridgehead atoms. The number of sulfonamides is 1. The zero-order chi connectivity index (χ0) is 16.0. The highest BCUT2D eigenvalue weighted by molar-refractivity contribution is 7.89. The summed E-state index contributed by atoms with van der Waals surface area (Å²) >= 11 is 0. The molecular weight excluding hydrogens is 300 g/mol. The number of nitro benzene ring substituents is 1. The third kappa shape index (κ3) is 4.80. The molecule has 21 heavy (non-hydrogen) atoms. The second-order valence-electron chi connectivity index (χ2n) is 4.16. The number of nitrogens with zero attached hydrogens (tertiary/aromatic N) is 1. The maximum Gasteiger partial charge on any atom is 0.307 e. The molecule has 0 radical (unpaired) electrons. The van der Waals surface area contributed by atoms with Gasteiger partial charge in [0.15, 0.2) is 0 Å². The number of esters is 1. The number of nitrogens with one attached hydrogen (secondary N) is 1. The monoisotopic (exact) mass is 316 g/mol. The average molecular weight is 316 g/mol. The Morgan fingerprint density at radius 1 is 1.43 bits per heavy atom. The molecule has 116 valence electrons. The Morgan fingerprint density at radius 2 is 2.10 bits per heavy atom. The van der Waals surface area contributed by atoms with Crippen molar-refractivity contribution >= 4 is 21.7 Å². The van der Waals surface area contributed by atoms with E-state index in [1.54, 1.807) is 6.92 Å². The first-order valence-electron chi connectivity index (χ1n) is 6.18. The Bertz CT molecular complexity index is 641. The highest BCUT2D eigenvalue weighted by atomic mass is 32.2. The van der Waals surface area contributed by atoms with Gasteiger partial charge >= 0.3 is 5.97 Å². The first-order chi connectivity index (χ1) is 9.77. The summed E-state index contributed by atoms with van der Waals surface area (Å²) in [6, 6.07) is 3.47. The van der Waals surface area contributed by atoms with Crippen molar-refractivity contribution in [3.8, 4) is 0 Å². The zero-order valence-corrected chi connectivity index (χ0v) is 12.5. The highest BCUT2D eigenvalue weighted by Crippen LogP contribution is 2.20. The number of aryl methyl sites for hydroxylation is 1. The molecule has 1 aromatic rings. The predicted octanol–water partition coefficient (Wildman–Crippen LogP) is 1.13. The molecule has 0 fully saturated rings. The topological polar surface area (TPSA) is 116 Å². The number of hydrogen-bond acceptors (Lipinski definition) is 6. The van der Waals surface area contributed by atoms with E-state index in [2.05, 4.69) is 9.46 Å². The maximum atomic E-state index is 12.0. The van der Waals surface area contributed by atoms with E-state index in [-0.39, 0.29) is 35.7 Å². The first kappa shape index (κ1) is 17.1. The minimum Gasteiger partial charge on any atom is -0.466 e. The molecule has 9 heteroatoms. The Labute approximate surface area is 122 Å². The van der Waals surface area contributed by atoms with E-state index in [4.69, 9.17) is 0 Å². The molecule has 0 amide bonds. The van der Waals surface area contributed by atoms with Gasteiger partial charge in [-0.25, -0.2) is 13.1 Å². The largest absolute Gasteiger partial charge is 0.466 e. The summed E-state index contributed by atoms with van der Waals surface area (Å²) in [4.78, 5) is 21.1. The van der Waals surface area contributed by atoms with Gasteiger partial charge in [-0.1, -0.05) is 0 Å². The Morgan fingerprint density at radius 3 is 2.62 bits per heavy atom. The van der Waals surface area contributed by atoms with Gasteiger partial charge in [0.2, 0.25) is 10.0 Å². The fourth-order valence-corrected chi connectivity index (χ4v) is 2.90. The molecule has 1 rings (SSSR count). The third-order valence-corrected chi connectivity index (χ3v) is 4.21. The van der Waals surface area contributed by atoms with Crippen molar-refractivity contribution in [2.24, 2.45) is 0 Å². The molecule has 0 spiro atoms. The summed E-state index contributed by atoms with van der Waals surface area (Å²) in [6.07, 6.45) is -0.0842. The Hall–Kier alpha value is -2.00. The van der Waals surface area contributed by atoms with Gasteiger partial charge < -0.3 is 4.74 Å². The van der Waals surface area contributed by atoms with Crippen molar-refractivity contribution in [2.75, 3.05) is 13.2 Å². The molecule has 0 aliphatic rings. The number of carbonyl (C=O) groups is 1. The van der Waals surface area contributed by atoms with Crippen LogP contribution in [0.3, 0.4) is 0 Å². The van der Waals surface area contributed by atoms with Crippen LogP contribution in [0.4, 0.5) is 5.69 Å². The molecule has 1 N–H and O–H groups in total. The fourth-order valence-electron chi connectivity index (χ4n) is 1.65. The molecule has 0 aliphatic carbocycles. The van der Waals surface area contributed by atoms with Crippen molar-refractivity contribution in [2.45, 2.75) is 25.2 Å². The van der Waals surface area contributed by atoms with E-state index in [9.17, 15) is 23.3 Å². The minimum absolute atomic E-state index is 0.0584. The smallest absolute Gasteiger partial charge is 0.307 e.